The van der Waals surface area contributed by atoms with Crippen molar-refractivity contribution in [2.24, 2.45) is 11.8 Å². The number of hydrogen-bond donors (Lipinski definition) is 1. The van der Waals surface area contributed by atoms with Crippen molar-refractivity contribution in [3.63, 3.8) is 0 Å². The molecule has 2 unspecified atom stereocenters. The maximum atomic E-state index is 12.7. The van der Waals surface area contributed by atoms with Crippen LogP contribution in [-0.4, -0.2) is 41.6 Å². The third-order valence-corrected chi connectivity index (χ3v) is 5.12. The van der Waals surface area contributed by atoms with Crippen LogP contribution in [0.2, 0.25) is 0 Å². The van der Waals surface area contributed by atoms with Crippen molar-refractivity contribution < 1.29 is 9.90 Å². The molecule has 5 heteroatoms. The predicted molar refractivity (Wildman–Crippen MR) is 106 cm³/mol. The van der Waals surface area contributed by atoms with Gasteiger partial charge < -0.3 is 14.9 Å². The van der Waals surface area contributed by atoms with Crippen LogP contribution in [0.3, 0.4) is 0 Å². The van der Waals surface area contributed by atoms with E-state index in [0.29, 0.717) is 6.54 Å². The second-order valence-electron chi connectivity index (χ2n) is 7.14. The molecule has 0 spiro atoms. The van der Waals surface area contributed by atoms with Gasteiger partial charge in [0.2, 0.25) is 5.91 Å². The van der Waals surface area contributed by atoms with Gasteiger partial charge in [-0.15, -0.1) is 0 Å². The summed E-state index contributed by atoms with van der Waals surface area (Å²) in [4.78, 5) is 21.6. The first-order chi connectivity index (χ1) is 12.4. The zero-order valence-corrected chi connectivity index (χ0v) is 16.2. The molecule has 0 aliphatic carbocycles. The van der Waals surface area contributed by atoms with Crippen molar-refractivity contribution >= 4 is 28.2 Å². The Morgan fingerprint density at radius 1 is 1.27 bits per heavy atom. The van der Waals surface area contributed by atoms with Crippen molar-refractivity contribution in [1.82, 2.24) is 9.88 Å². The average Bonchev–Trinajstić information content (AvgIpc) is 2.96. The zero-order valence-electron chi connectivity index (χ0n) is 16.2. The SMILES string of the molecule is CC1C=C2c3nc4ccccc4c(N(C)C)c3CN2C(=O)C1C.CCO. The summed E-state index contributed by atoms with van der Waals surface area (Å²) in [6.45, 7) is 6.68. The zero-order chi connectivity index (χ0) is 19.0. The standard InChI is InChI=1S/C19H21N3O.C2H6O/c1-11-9-16-17-14(10-22(16)19(23)12(11)2)18(21(3)4)13-7-5-6-8-15(13)20-17;1-2-3/h5-9,11-12H,10H2,1-4H3;3H,2H2,1H3. The maximum absolute atomic E-state index is 12.7. The number of carbonyl (C=O) groups is 1. The van der Waals surface area contributed by atoms with E-state index >= 15 is 0 Å². The molecule has 3 heterocycles. The van der Waals surface area contributed by atoms with E-state index in [9.17, 15) is 4.79 Å². The molecule has 138 valence electrons. The molecule has 2 aliphatic heterocycles. The molecule has 0 fully saturated rings. The first kappa shape index (κ1) is 18.4. The minimum Gasteiger partial charge on any atom is -0.397 e. The summed E-state index contributed by atoms with van der Waals surface area (Å²) in [5, 5.41) is 8.71. The van der Waals surface area contributed by atoms with Crippen LogP contribution < -0.4 is 4.90 Å². The van der Waals surface area contributed by atoms with Crippen LogP contribution in [0.4, 0.5) is 5.69 Å². The van der Waals surface area contributed by atoms with Crippen LogP contribution in [0, 0.1) is 11.8 Å². The van der Waals surface area contributed by atoms with Crippen LogP contribution in [-0.2, 0) is 11.3 Å². The van der Waals surface area contributed by atoms with Crippen molar-refractivity contribution in [3.05, 3.63) is 41.6 Å². The number of aliphatic hydroxyl groups is 1. The van der Waals surface area contributed by atoms with Gasteiger partial charge in [0.15, 0.2) is 0 Å². The van der Waals surface area contributed by atoms with Gasteiger partial charge in [-0.2, -0.15) is 0 Å². The second kappa shape index (κ2) is 7.08. The van der Waals surface area contributed by atoms with Gasteiger partial charge in [-0.05, 0) is 18.9 Å². The average molecular weight is 353 g/mol. The molecule has 2 atom stereocenters. The number of allylic oxidation sites excluding steroid dienone is 1. The van der Waals surface area contributed by atoms with E-state index < -0.39 is 0 Å². The third kappa shape index (κ3) is 2.86. The molecular weight excluding hydrogens is 326 g/mol. The first-order valence-electron chi connectivity index (χ1n) is 9.14. The summed E-state index contributed by atoms with van der Waals surface area (Å²) in [5.74, 6) is 0.489. The van der Waals surface area contributed by atoms with Crippen molar-refractivity contribution in [1.29, 1.82) is 0 Å². The molecule has 2 aliphatic rings. The number of nitrogens with zero attached hydrogens (tertiary/aromatic N) is 3. The van der Waals surface area contributed by atoms with Crippen molar-refractivity contribution in [3.8, 4) is 0 Å². The number of para-hydroxylation sites is 1. The number of amides is 1. The van der Waals surface area contributed by atoms with E-state index in [1.54, 1.807) is 6.92 Å². The van der Waals surface area contributed by atoms with Gasteiger partial charge in [0.05, 0.1) is 29.1 Å². The van der Waals surface area contributed by atoms with Gasteiger partial charge in [-0.3, -0.25) is 4.79 Å². The number of aromatic nitrogens is 1. The lowest BCUT2D eigenvalue weighted by Crippen LogP contribution is -2.36. The topological polar surface area (TPSA) is 56.7 Å². The molecule has 5 nitrogen and oxygen atoms in total. The molecule has 0 saturated carbocycles. The molecule has 2 aromatic rings. The van der Waals surface area contributed by atoms with Crippen molar-refractivity contribution in [2.75, 3.05) is 25.6 Å². The highest BCUT2D eigenvalue weighted by Crippen LogP contribution is 2.44. The quantitative estimate of drug-likeness (QED) is 0.855. The number of carbonyl (C=O) groups excluding carboxylic acids is 1. The third-order valence-electron chi connectivity index (χ3n) is 5.12. The summed E-state index contributed by atoms with van der Waals surface area (Å²) < 4.78 is 0. The number of fused-ring (bicyclic) bond motifs is 4. The first-order valence-corrected chi connectivity index (χ1v) is 9.14. The molecule has 1 amide bonds. The molecule has 1 N–H and O–H groups in total. The van der Waals surface area contributed by atoms with Crippen LogP contribution in [0.25, 0.3) is 16.6 Å². The van der Waals surface area contributed by atoms with E-state index in [0.717, 1.165) is 27.9 Å². The predicted octanol–water partition coefficient (Wildman–Crippen LogP) is 3.27. The lowest BCUT2D eigenvalue weighted by Gasteiger charge is -2.30. The van der Waals surface area contributed by atoms with Gasteiger partial charge in [0.25, 0.3) is 0 Å². The van der Waals surface area contributed by atoms with E-state index in [1.807, 2.05) is 30.0 Å². The molecule has 4 rings (SSSR count). The highest BCUT2D eigenvalue weighted by atomic mass is 16.2. The molecule has 26 heavy (non-hydrogen) atoms. The Kier molecular flexibility index (Phi) is 5.01. The van der Waals surface area contributed by atoms with Gasteiger partial charge >= 0.3 is 0 Å². The summed E-state index contributed by atoms with van der Waals surface area (Å²) in [6.07, 6.45) is 2.21. The number of aliphatic hydroxyl groups excluding tert-OH is 1. The second-order valence-corrected chi connectivity index (χ2v) is 7.14. The molecule has 0 radical (unpaired) electrons. The number of rotatable bonds is 1. The smallest absolute Gasteiger partial charge is 0.230 e. The number of benzene rings is 1. The fraction of sp³-hybridized carbons (Fsp3) is 0.429. The Morgan fingerprint density at radius 3 is 2.58 bits per heavy atom. The van der Waals surface area contributed by atoms with Crippen LogP contribution in [0.5, 0.6) is 0 Å². The Bertz CT molecular complexity index is 873. The Morgan fingerprint density at radius 2 is 1.92 bits per heavy atom. The van der Waals surface area contributed by atoms with Gasteiger partial charge in [0, 0.05) is 37.6 Å². The molecule has 0 saturated heterocycles. The van der Waals surface area contributed by atoms with Gasteiger partial charge in [-0.25, -0.2) is 4.98 Å². The molecule has 1 aromatic carbocycles. The summed E-state index contributed by atoms with van der Waals surface area (Å²) in [7, 11) is 4.11. The summed E-state index contributed by atoms with van der Waals surface area (Å²) in [6, 6.07) is 8.21. The fourth-order valence-corrected chi connectivity index (χ4v) is 3.71. The fourth-order valence-electron chi connectivity index (χ4n) is 3.71. The minimum absolute atomic E-state index is 0.0327. The Hall–Kier alpha value is -2.40. The van der Waals surface area contributed by atoms with Crippen LogP contribution in [0.15, 0.2) is 30.3 Å². The van der Waals surface area contributed by atoms with Gasteiger partial charge in [0.1, 0.15) is 0 Å². The van der Waals surface area contributed by atoms with E-state index in [1.165, 1.54) is 5.69 Å². The van der Waals surface area contributed by atoms with Crippen LogP contribution >= 0.6 is 0 Å². The lowest BCUT2D eigenvalue weighted by molar-refractivity contribution is -0.133. The van der Waals surface area contributed by atoms with Crippen LogP contribution in [0.1, 0.15) is 32.0 Å². The molecular formula is C21H27N3O2. The van der Waals surface area contributed by atoms with Crippen molar-refractivity contribution in [2.45, 2.75) is 27.3 Å². The molecule has 1 aromatic heterocycles. The summed E-state index contributed by atoms with van der Waals surface area (Å²) >= 11 is 0. The van der Waals surface area contributed by atoms with E-state index in [2.05, 4.69) is 38.1 Å². The Balaban J connectivity index is 0.000000613. The van der Waals surface area contributed by atoms with E-state index in [-0.39, 0.29) is 24.3 Å². The summed E-state index contributed by atoms with van der Waals surface area (Å²) in [5.41, 5.74) is 5.28. The molecule has 0 bridgehead atoms. The van der Waals surface area contributed by atoms with E-state index in [4.69, 9.17) is 10.1 Å². The number of anilines is 1. The highest BCUT2D eigenvalue weighted by Gasteiger charge is 2.39. The monoisotopic (exact) mass is 353 g/mol. The Labute approximate surface area is 154 Å². The maximum Gasteiger partial charge on any atom is 0.230 e. The van der Waals surface area contributed by atoms with Gasteiger partial charge in [-0.1, -0.05) is 38.1 Å². The number of hydrogen-bond acceptors (Lipinski definition) is 4. The lowest BCUT2D eigenvalue weighted by atomic mass is 9.90. The normalized spacial score (nSPS) is 20.9. The minimum atomic E-state index is 0.0327. The largest absolute Gasteiger partial charge is 0.397 e. The highest BCUT2D eigenvalue weighted by molar-refractivity contribution is 6.00. The number of pyridine rings is 1.